The van der Waals surface area contributed by atoms with Gasteiger partial charge in [0.25, 0.3) is 15.9 Å². The lowest BCUT2D eigenvalue weighted by Crippen LogP contribution is -2.32. The molecule has 124 valence electrons. The summed E-state index contributed by atoms with van der Waals surface area (Å²) < 4.78 is 26.4. The molecule has 0 aliphatic heterocycles. The third-order valence-electron chi connectivity index (χ3n) is 3.59. The predicted octanol–water partition coefficient (Wildman–Crippen LogP) is 3.10. The van der Waals surface area contributed by atoms with E-state index >= 15 is 0 Å². The van der Waals surface area contributed by atoms with Crippen LogP contribution in [-0.2, 0) is 10.0 Å². The molecule has 7 heteroatoms. The molecule has 0 radical (unpaired) electrons. The Morgan fingerprint density at radius 3 is 2.43 bits per heavy atom. The van der Waals surface area contributed by atoms with Gasteiger partial charge in [-0.15, -0.1) is 11.3 Å². The molecule has 1 aromatic heterocycles. The van der Waals surface area contributed by atoms with Crippen molar-refractivity contribution in [3.63, 3.8) is 0 Å². The van der Waals surface area contributed by atoms with Crippen molar-refractivity contribution in [1.82, 2.24) is 5.32 Å². The van der Waals surface area contributed by atoms with Gasteiger partial charge in [-0.2, -0.15) is 0 Å². The second-order valence-electron chi connectivity index (χ2n) is 5.23. The summed E-state index contributed by atoms with van der Waals surface area (Å²) in [5, 5.41) is 4.60. The summed E-state index contributed by atoms with van der Waals surface area (Å²) in [6, 6.07) is 9.91. The maximum Gasteiger partial charge on any atom is 0.273 e. The summed E-state index contributed by atoms with van der Waals surface area (Å²) in [4.78, 5) is 12.0. The van der Waals surface area contributed by atoms with Crippen LogP contribution in [0.5, 0.6) is 0 Å². The van der Waals surface area contributed by atoms with Gasteiger partial charge in [0, 0.05) is 18.7 Å². The van der Waals surface area contributed by atoms with Crippen molar-refractivity contribution in [2.75, 3.05) is 11.4 Å². The maximum atomic E-state index is 12.5. The van der Waals surface area contributed by atoms with Crippen molar-refractivity contribution in [1.29, 1.82) is 0 Å². The fraction of sp³-hybridized carbons (Fsp3) is 0.312. The van der Waals surface area contributed by atoms with E-state index < -0.39 is 10.0 Å². The molecule has 1 amide bonds. The highest BCUT2D eigenvalue weighted by atomic mass is 32.2. The molecule has 0 fully saturated rings. The summed E-state index contributed by atoms with van der Waals surface area (Å²) in [5.74, 6) is -0.158. The molecule has 5 nitrogen and oxygen atoms in total. The van der Waals surface area contributed by atoms with Gasteiger partial charge < -0.3 is 5.32 Å². The van der Waals surface area contributed by atoms with Crippen molar-refractivity contribution in [2.24, 2.45) is 0 Å². The molecule has 0 saturated carbocycles. The van der Waals surface area contributed by atoms with E-state index in [1.54, 1.807) is 41.8 Å². The Balaban J connectivity index is 2.18. The molecule has 1 aromatic carbocycles. The quantitative estimate of drug-likeness (QED) is 0.869. The first kappa shape index (κ1) is 17.5. The molecule has 1 heterocycles. The Bertz CT molecular complexity index is 753. The highest BCUT2D eigenvalue weighted by Gasteiger charge is 2.22. The minimum atomic E-state index is -3.55. The number of hydrogen-bond acceptors (Lipinski definition) is 4. The average molecular weight is 352 g/mol. The topological polar surface area (TPSA) is 66.5 Å². The molecule has 0 aliphatic rings. The van der Waals surface area contributed by atoms with Gasteiger partial charge >= 0.3 is 0 Å². The number of rotatable bonds is 6. The Labute approximate surface area is 141 Å². The van der Waals surface area contributed by atoms with Gasteiger partial charge in [0.1, 0.15) is 4.21 Å². The van der Waals surface area contributed by atoms with Gasteiger partial charge in [0.05, 0.1) is 5.69 Å². The van der Waals surface area contributed by atoms with Crippen molar-refractivity contribution in [2.45, 2.75) is 30.5 Å². The first-order valence-corrected chi connectivity index (χ1v) is 9.61. The molecule has 0 aliphatic carbocycles. The zero-order valence-corrected chi connectivity index (χ0v) is 14.9. The van der Waals surface area contributed by atoms with Gasteiger partial charge in [-0.25, -0.2) is 8.42 Å². The van der Waals surface area contributed by atoms with Crippen LogP contribution < -0.4 is 9.62 Å². The summed E-state index contributed by atoms with van der Waals surface area (Å²) in [6.45, 7) is 3.94. The second kappa shape index (κ2) is 7.14. The number of amides is 1. The molecular weight excluding hydrogens is 332 g/mol. The fourth-order valence-corrected chi connectivity index (χ4v) is 4.27. The first-order chi connectivity index (χ1) is 10.9. The summed E-state index contributed by atoms with van der Waals surface area (Å²) in [5.41, 5.74) is 1.02. The van der Waals surface area contributed by atoms with E-state index in [0.717, 1.165) is 6.42 Å². The van der Waals surface area contributed by atoms with E-state index in [4.69, 9.17) is 0 Å². The van der Waals surface area contributed by atoms with Crippen molar-refractivity contribution in [3.05, 3.63) is 47.3 Å². The zero-order chi connectivity index (χ0) is 17.0. The van der Waals surface area contributed by atoms with Crippen molar-refractivity contribution in [3.8, 4) is 0 Å². The summed E-state index contributed by atoms with van der Waals surface area (Å²) in [6.07, 6.45) is 0.853. The highest BCUT2D eigenvalue weighted by Crippen LogP contribution is 2.25. The third kappa shape index (κ3) is 3.92. The van der Waals surface area contributed by atoms with Crippen LogP contribution in [0.25, 0.3) is 0 Å². The smallest absolute Gasteiger partial charge is 0.273 e. The SMILES string of the molecule is CC[C@@H](C)NC(=O)c1ccc(N(C)S(=O)(=O)c2cccs2)cc1. The minimum absolute atomic E-state index is 0.101. The van der Waals surface area contributed by atoms with Crippen LogP contribution >= 0.6 is 11.3 Å². The average Bonchev–Trinajstić information content (AvgIpc) is 3.09. The van der Waals surface area contributed by atoms with E-state index in [-0.39, 0.29) is 11.9 Å². The Morgan fingerprint density at radius 2 is 1.91 bits per heavy atom. The number of carbonyl (C=O) groups is 1. The number of nitrogens with one attached hydrogen (secondary N) is 1. The lowest BCUT2D eigenvalue weighted by atomic mass is 10.1. The third-order valence-corrected chi connectivity index (χ3v) is 6.75. The molecule has 1 N–H and O–H groups in total. The lowest BCUT2D eigenvalue weighted by Gasteiger charge is -2.19. The van der Waals surface area contributed by atoms with Gasteiger partial charge in [0.15, 0.2) is 0 Å². The molecule has 1 atom stereocenters. The van der Waals surface area contributed by atoms with Crippen LogP contribution in [-0.4, -0.2) is 27.4 Å². The molecule has 23 heavy (non-hydrogen) atoms. The number of nitrogens with zero attached hydrogens (tertiary/aromatic N) is 1. The fourth-order valence-electron chi connectivity index (χ4n) is 1.92. The van der Waals surface area contributed by atoms with Gasteiger partial charge in [0.2, 0.25) is 0 Å². The molecular formula is C16H20N2O3S2. The molecule has 0 saturated heterocycles. The van der Waals surface area contributed by atoms with Crippen molar-refractivity contribution < 1.29 is 13.2 Å². The van der Waals surface area contributed by atoms with Crippen molar-refractivity contribution >= 4 is 33.0 Å². The molecule has 0 unspecified atom stereocenters. The number of anilines is 1. The Hall–Kier alpha value is -1.86. The number of sulfonamides is 1. The summed E-state index contributed by atoms with van der Waals surface area (Å²) >= 11 is 1.18. The van der Waals surface area contributed by atoms with Gasteiger partial charge in [-0.3, -0.25) is 9.10 Å². The predicted molar refractivity (Wildman–Crippen MR) is 93.6 cm³/mol. The van der Waals surface area contributed by atoms with Crippen LogP contribution in [0, 0.1) is 0 Å². The Kier molecular flexibility index (Phi) is 5.43. The van der Waals surface area contributed by atoms with E-state index in [9.17, 15) is 13.2 Å². The summed E-state index contributed by atoms with van der Waals surface area (Å²) in [7, 11) is -2.05. The molecule has 2 rings (SSSR count). The molecule has 0 bridgehead atoms. The van der Waals surface area contributed by atoms with E-state index in [2.05, 4.69) is 5.32 Å². The zero-order valence-electron chi connectivity index (χ0n) is 13.3. The number of carbonyl (C=O) groups excluding carboxylic acids is 1. The van der Waals surface area contributed by atoms with Gasteiger partial charge in [-0.05, 0) is 49.1 Å². The molecule has 2 aromatic rings. The van der Waals surface area contributed by atoms with E-state index in [0.29, 0.717) is 15.5 Å². The normalized spacial score (nSPS) is 12.7. The number of thiophene rings is 1. The van der Waals surface area contributed by atoms with Crippen LogP contribution in [0.4, 0.5) is 5.69 Å². The lowest BCUT2D eigenvalue weighted by molar-refractivity contribution is 0.0939. The van der Waals surface area contributed by atoms with E-state index in [1.165, 1.54) is 22.7 Å². The van der Waals surface area contributed by atoms with E-state index in [1.807, 2.05) is 13.8 Å². The van der Waals surface area contributed by atoms with Crippen LogP contribution in [0.1, 0.15) is 30.6 Å². The van der Waals surface area contributed by atoms with Crippen LogP contribution in [0.15, 0.2) is 46.0 Å². The monoisotopic (exact) mass is 352 g/mol. The minimum Gasteiger partial charge on any atom is -0.350 e. The van der Waals surface area contributed by atoms with Gasteiger partial charge in [-0.1, -0.05) is 13.0 Å². The van der Waals surface area contributed by atoms with Crippen LogP contribution in [0.3, 0.4) is 0 Å². The highest BCUT2D eigenvalue weighted by molar-refractivity contribution is 7.94. The maximum absolute atomic E-state index is 12.5. The standard InChI is InChI=1S/C16H20N2O3S2/c1-4-12(2)17-16(19)13-7-9-14(10-8-13)18(3)23(20,21)15-6-5-11-22-15/h5-12H,4H2,1-3H3,(H,17,19)/t12-/m1/s1. The number of hydrogen-bond donors (Lipinski definition) is 1. The largest absolute Gasteiger partial charge is 0.350 e. The Morgan fingerprint density at radius 1 is 1.26 bits per heavy atom. The first-order valence-electron chi connectivity index (χ1n) is 7.29. The van der Waals surface area contributed by atoms with Crippen LogP contribution in [0.2, 0.25) is 0 Å². The molecule has 0 spiro atoms. The second-order valence-corrected chi connectivity index (χ2v) is 8.38. The number of benzene rings is 1.